The van der Waals surface area contributed by atoms with E-state index in [9.17, 15) is 12.8 Å². The Morgan fingerprint density at radius 3 is 2.75 bits per heavy atom. The van der Waals surface area contributed by atoms with E-state index in [-0.39, 0.29) is 13.2 Å². The van der Waals surface area contributed by atoms with Crippen molar-refractivity contribution in [3.8, 4) is 6.07 Å². The van der Waals surface area contributed by atoms with Gasteiger partial charge < -0.3 is 5.11 Å². The fraction of sp³-hybridized carbons (Fsp3) is 0.222. The van der Waals surface area contributed by atoms with E-state index in [1.807, 2.05) is 4.72 Å². The van der Waals surface area contributed by atoms with Gasteiger partial charge >= 0.3 is 0 Å². The highest BCUT2D eigenvalue weighted by atomic mass is 32.2. The minimum atomic E-state index is -3.96. The van der Waals surface area contributed by atoms with Gasteiger partial charge in [0.25, 0.3) is 0 Å². The second-order valence-electron chi connectivity index (χ2n) is 2.85. The molecule has 7 heteroatoms. The van der Waals surface area contributed by atoms with Crippen LogP contribution < -0.4 is 4.72 Å². The van der Waals surface area contributed by atoms with Gasteiger partial charge in [-0.2, -0.15) is 5.26 Å². The van der Waals surface area contributed by atoms with E-state index in [2.05, 4.69) is 0 Å². The SMILES string of the molecule is N#Cc1c(F)cccc1S(=O)(=O)NCCO. The van der Waals surface area contributed by atoms with Crippen LogP contribution in [0.2, 0.25) is 0 Å². The maximum absolute atomic E-state index is 13.1. The molecule has 0 heterocycles. The molecule has 0 aliphatic rings. The van der Waals surface area contributed by atoms with E-state index in [1.54, 1.807) is 0 Å². The topological polar surface area (TPSA) is 90.2 Å². The van der Waals surface area contributed by atoms with Crippen molar-refractivity contribution in [2.24, 2.45) is 0 Å². The van der Waals surface area contributed by atoms with Crippen molar-refractivity contribution in [1.82, 2.24) is 4.72 Å². The summed E-state index contributed by atoms with van der Waals surface area (Å²) in [6.45, 7) is -0.569. The van der Waals surface area contributed by atoms with Crippen LogP contribution in [0.3, 0.4) is 0 Å². The van der Waals surface area contributed by atoms with Crippen molar-refractivity contribution in [3.05, 3.63) is 29.6 Å². The first kappa shape index (κ1) is 12.6. The van der Waals surface area contributed by atoms with E-state index < -0.39 is 26.3 Å². The maximum atomic E-state index is 13.1. The highest BCUT2D eigenvalue weighted by molar-refractivity contribution is 7.89. The van der Waals surface area contributed by atoms with Crippen molar-refractivity contribution >= 4 is 10.0 Å². The highest BCUT2D eigenvalue weighted by Crippen LogP contribution is 2.17. The highest BCUT2D eigenvalue weighted by Gasteiger charge is 2.20. The van der Waals surface area contributed by atoms with Gasteiger partial charge in [0.2, 0.25) is 10.0 Å². The molecule has 0 aliphatic heterocycles. The summed E-state index contributed by atoms with van der Waals surface area (Å²) in [5.74, 6) is -0.894. The van der Waals surface area contributed by atoms with Crippen molar-refractivity contribution in [1.29, 1.82) is 5.26 Å². The number of benzene rings is 1. The van der Waals surface area contributed by atoms with Crippen LogP contribution in [0.15, 0.2) is 23.1 Å². The molecule has 2 N–H and O–H groups in total. The number of rotatable bonds is 4. The van der Waals surface area contributed by atoms with Gasteiger partial charge in [0, 0.05) is 6.54 Å². The van der Waals surface area contributed by atoms with Gasteiger partial charge in [-0.05, 0) is 12.1 Å². The van der Waals surface area contributed by atoms with E-state index in [0.717, 1.165) is 12.1 Å². The number of hydrogen-bond acceptors (Lipinski definition) is 4. The minimum absolute atomic E-state index is 0.191. The molecule has 1 aromatic carbocycles. The zero-order chi connectivity index (χ0) is 12.2. The smallest absolute Gasteiger partial charge is 0.242 e. The fourth-order valence-corrected chi connectivity index (χ4v) is 2.28. The largest absolute Gasteiger partial charge is 0.395 e. The second-order valence-corrected chi connectivity index (χ2v) is 4.58. The zero-order valence-corrected chi connectivity index (χ0v) is 8.96. The van der Waals surface area contributed by atoms with Crippen LogP contribution in [-0.2, 0) is 10.0 Å². The zero-order valence-electron chi connectivity index (χ0n) is 8.14. The molecule has 0 fully saturated rings. The molecule has 1 rings (SSSR count). The number of sulfonamides is 1. The number of halogens is 1. The van der Waals surface area contributed by atoms with Gasteiger partial charge in [-0.3, -0.25) is 0 Å². The van der Waals surface area contributed by atoms with Crippen LogP contribution in [0.4, 0.5) is 4.39 Å². The molecule has 0 aliphatic carbocycles. The molecule has 86 valence electrons. The van der Waals surface area contributed by atoms with Gasteiger partial charge in [0.15, 0.2) is 0 Å². The molecular formula is C9H9FN2O3S. The number of nitrogens with zero attached hydrogens (tertiary/aromatic N) is 1. The molecule has 0 radical (unpaired) electrons. The molecule has 0 saturated carbocycles. The number of hydrogen-bond donors (Lipinski definition) is 2. The minimum Gasteiger partial charge on any atom is -0.395 e. The third-order valence-corrected chi connectivity index (χ3v) is 3.28. The summed E-state index contributed by atoms with van der Waals surface area (Å²) < 4.78 is 38.3. The van der Waals surface area contributed by atoms with E-state index >= 15 is 0 Å². The van der Waals surface area contributed by atoms with Crippen LogP contribution in [0.25, 0.3) is 0 Å². The number of nitrogens with one attached hydrogen (secondary N) is 1. The molecule has 5 nitrogen and oxygen atoms in total. The van der Waals surface area contributed by atoms with Crippen LogP contribution in [0.5, 0.6) is 0 Å². The summed E-state index contributed by atoms with van der Waals surface area (Å²) in [5, 5.41) is 17.1. The Morgan fingerprint density at radius 1 is 1.50 bits per heavy atom. The quantitative estimate of drug-likeness (QED) is 0.778. The van der Waals surface area contributed by atoms with Gasteiger partial charge in [0.05, 0.1) is 6.61 Å². The normalized spacial score (nSPS) is 11.1. The summed E-state index contributed by atoms with van der Waals surface area (Å²) in [5.41, 5.74) is -0.534. The first-order chi connectivity index (χ1) is 7.53. The molecule has 0 amide bonds. The van der Waals surface area contributed by atoms with Crippen molar-refractivity contribution < 1.29 is 17.9 Å². The van der Waals surface area contributed by atoms with Crippen LogP contribution in [-0.4, -0.2) is 26.7 Å². The lowest BCUT2D eigenvalue weighted by Crippen LogP contribution is -2.27. The molecular weight excluding hydrogens is 235 g/mol. The van der Waals surface area contributed by atoms with Gasteiger partial charge in [-0.25, -0.2) is 17.5 Å². The number of aliphatic hydroxyl groups excluding tert-OH is 1. The molecule has 0 unspecified atom stereocenters. The first-order valence-corrected chi connectivity index (χ1v) is 5.80. The maximum Gasteiger partial charge on any atom is 0.242 e. The molecule has 0 saturated heterocycles. The Bertz CT molecular complexity index is 522. The Kier molecular flexibility index (Phi) is 3.95. The lowest BCUT2D eigenvalue weighted by Gasteiger charge is -2.06. The molecule has 0 bridgehead atoms. The van der Waals surface area contributed by atoms with Gasteiger partial charge in [-0.1, -0.05) is 6.07 Å². The summed E-state index contributed by atoms with van der Waals surface area (Å²) in [6.07, 6.45) is 0. The molecule has 0 spiro atoms. The van der Waals surface area contributed by atoms with Crippen LogP contribution in [0, 0.1) is 17.1 Å². The molecule has 1 aromatic rings. The monoisotopic (exact) mass is 244 g/mol. The van der Waals surface area contributed by atoms with Gasteiger partial charge in [-0.15, -0.1) is 0 Å². The average Bonchev–Trinajstić information content (AvgIpc) is 2.26. The Morgan fingerprint density at radius 2 is 2.19 bits per heavy atom. The Hall–Kier alpha value is -1.49. The van der Waals surface area contributed by atoms with E-state index in [0.29, 0.717) is 0 Å². The second kappa shape index (κ2) is 5.03. The average molecular weight is 244 g/mol. The van der Waals surface area contributed by atoms with Gasteiger partial charge in [0.1, 0.15) is 22.3 Å². The third-order valence-electron chi connectivity index (χ3n) is 1.78. The first-order valence-electron chi connectivity index (χ1n) is 4.32. The van der Waals surface area contributed by atoms with E-state index in [1.165, 1.54) is 12.1 Å². The standard InChI is InChI=1S/C9H9FN2O3S/c10-8-2-1-3-9(7(8)6-11)16(14,15)12-4-5-13/h1-3,12-13H,4-5H2. The Balaban J connectivity index is 3.24. The van der Waals surface area contributed by atoms with Crippen molar-refractivity contribution in [2.45, 2.75) is 4.90 Å². The summed E-state index contributed by atoms with van der Waals surface area (Å²) >= 11 is 0. The van der Waals surface area contributed by atoms with E-state index in [4.69, 9.17) is 10.4 Å². The summed E-state index contributed by atoms with van der Waals surface area (Å²) in [6, 6.07) is 4.82. The lowest BCUT2D eigenvalue weighted by molar-refractivity contribution is 0.301. The summed E-state index contributed by atoms with van der Waals surface area (Å²) in [4.78, 5) is -0.427. The molecule has 0 aromatic heterocycles. The van der Waals surface area contributed by atoms with Crippen molar-refractivity contribution in [3.63, 3.8) is 0 Å². The lowest BCUT2D eigenvalue weighted by atomic mass is 10.2. The van der Waals surface area contributed by atoms with Crippen LogP contribution in [0.1, 0.15) is 5.56 Å². The number of nitriles is 1. The molecule has 16 heavy (non-hydrogen) atoms. The third kappa shape index (κ3) is 2.55. The fourth-order valence-electron chi connectivity index (χ4n) is 1.09. The molecule has 0 atom stereocenters. The Labute approximate surface area is 92.2 Å². The van der Waals surface area contributed by atoms with Crippen LogP contribution >= 0.6 is 0 Å². The van der Waals surface area contributed by atoms with Crippen molar-refractivity contribution in [2.75, 3.05) is 13.2 Å². The predicted octanol–water partition coefficient (Wildman–Crippen LogP) is -0.0320. The number of aliphatic hydroxyl groups is 1. The summed E-state index contributed by atoms with van der Waals surface area (Å²) in [7, 11) is -3.96. The predicted molar refractivity (Wildman–Crippen MR) is 53.4 cm³/mol.